The molecule has 1 amide bonds. The topological polar surface area (TPSA) is 156 Å². The zero-order valence-corrected chi connectivity index (χ0v) is 33.0. The van der Waals surface area contributed by atoms with Crippen LogP contribution in [0.3, 0.4) is 0 Å². The summed E-state index contributed by atoms with van der Waals surface area (Å²) in [4.78, 5) is 45.9. The Balaban J connectivity index is 1.08. The lowest BCUT2D eigenvalue weighted by Crippen LogP contribution is -2.37. The lowest BCUT2D eigenvalue weighted by atomic mass is 9.91. The Hall–Kier alpha value is -6.81. The van der Waals surface area contributed by atoms with Crippen LogP contribution in [0.4, 0.5) is 4.39 Å². The van der Waals surface area contributed by atoms with E-state index in [9.17, 15) is 18.8 Å². The summed E-state index contributed by atoms with van der Waals surface area (Å²) in [6.45, 7) is 7.18. The summed E-state index contributed by atoms with van der Waals surface area (Å²) in [7, 11) is 1.87. The maximum atomic E-state index is 15.0. The van der Waals surface area contributed by atoms with Crippen LogP contribution in [0, 0.1) is 19.7 Å². The molecule has 7 heterocycles. The standard InChI is InChI=1S/C43H41FN10O5/c1-24-17-32(18-25(2)38(24)44)54-40(52-14-13-51(43(52)57)31-6-8-35-30(20-31)22-45-49(35)4)33-23-50(12-9-34(33)47-54)41(55)37-21-29-19-28(27-10-15-58-16-11-27)5-7-36(29)53(37)26(3)39-46-42(56)59-48-39/h5-8,13-14,17-22,26-27H,9-12,15-16,23H2,1-4H3,(H,46,48,56). The molecule has 1 atom stereocenters. The normalized spacial score (nSPS) is 15.4. The van der Waals surface area contributed by atoms with Gasteiger partial charge in [0.2, 0.25) is 0 Å². The van der Waals surface area contributed by atoms with Crippen LogP contribution in [0.5, 0.6) is 0 Å². The molecule has 2 aliphatic heterocycles. The van der Waals surface area contributed by atoms with Crippen molar-refractivity contribution in [3.05, 3.63) is 140 Å². The number of hydrogen-bond donors (Lipinski definition) is 1. The molecule has 16 heteroatoms. The third kappa shape index (κ3) is 6.04. The summed E-state index contributed by atoms with van der Waals surface area (Å²) in [6.07, 6.45) is 7.41. The number of nitrogens with one attached hydrogen (secondary N) is 1. The van der Waals surface area contributed by atoms with Gasteiger partial charge in [0.1, 0.15) is 17.3 Å². The molecule has 0 saturated carbocycles. The molecule has 1 N–H and O–H groups in total. The predicted molar refractivity (Wildman–Crippen MR) is 216 cm³/mol. The number of carbonyl (C=O) groups is 1. The van der Waals surface area contributed by atoms with E-state index in [1.165, 1.54) is 5.56 Å². The largest absolute Gasteiger partial charge is 0.438 e. The van der Waals surface area contributed by atoms with Crippen molar-refractivity contribution in [2.75, 3.05) is 19.8 Å². The number of imidazole rings is 1. The van der Waals surface area contributed by atoms with E-state index in [0.717, 1.165) is 40.3 Å². The van der Waals surface area contributed by atoms with E-state index in [1.54, 1.807) is 68.0 Å². The highest BCUT2D eigenvalue weighted by Gasteiger charge is 2.33. The Morgan fingerprint density at radius 3 is 2.46 bits per heavy atom. The molecular weight excluding hydrogens is 756 g/mol. The summed E-state index contributed by atoms with van der Waals surface area (Å²) in [5.74, 6) is -0.128. The monoisotopic (exact) mass is 796 g/mol. The minimum Gasteiger partial charge on any atom is -0.381 e. The molecule has 8 aromatic rings. The van der Waals surface area contributed by atoms with Crippen molar-refractivity contribution >= 4 is 27.7 Å². The number of halogens is 1. The highest BCUT2D eigenvalue weighted by Crippen LogP contribution is 2.35. The lowest BCUT2D eigenvalue weighted by Gasteiger charge is -2.28. The van der Waals surface area contributed by atoms with Gasteiger partial charge in [-0.1, -0.05) is 11.2 Å². The molecule has 2 aliphatic rings. The van der Waals surface area contributed by atoms with Gasteiger partial charge in [0, 0.05) is 67.5 Å². The smallest absolute Gasteiger partial charge is 0.381 e. The van der Waals surface area contributed by atoms with Gasteiger partial charge in [-0.2, -0.15) is 10.2 Å². The van der Waals surface area contributed by atoms with Crippen LogP contribution in [-0.4, -0.2) is 74.0 Å². The van der Waals surface area contributed by atoms with Crippen molar-refractivity contribution in [1.82, 2.24) is 48.3 Å². The maximum absolute atomic E-state index is 15.0. The number of aryl methyl sites for hydroxylation is 3. The maximum Gasteiger partial charge on any atom is 0.438 e. The molecule has 1 saturated heterocycles. The number of rotatable bonds is 7. The molecule has 1 unspecified atom stereocenters. The van der Waals surface area contributed by atoms with Gasteiger partial charge in [-0.3, -0.25) is 28.1 Å². The minimum atomic E-state index is -0.681. The minimum absolute atomic E-state index is 0.145. The third-order valence-electron chi connectivity index (χ3n) is 12.0. The molecular formula is C43H41FN10O5. The number of benzene rings is 3. The zero-order valence-electron chi connectivity index (χ0n) is 33.0. The van der Waals surface area contributed by atoms with E-state index in [-0.39, 0.29) is 29.8 Å². The molecule has 0 aliphatic carbocycles. The van der Waals surface area contributed by atoms with E-state index in [1.807, 2.05) is 48.9 Å². The van der Waals surface area contributed by atoms with Crippen LogP contribution in [0.25, 0.3) is 39.0 Å². The molecule has 0 bridgehead atoms. The molecule has 15 nitrogen and oxygen atoms in total. The summed E-state index contributed by atoms with van der Waals surface area (Å²) in [6, 6.07) is 16.8. The molecule has 10 rings (SSSR count). The Morgan fingerprint density at radius 1 is 0.932 bits per heavy atom. The van der Waals surface area contributed by atoms with Crippen molar-refractivity contribution in [1.29, 1.82) is 0 Å². The first kappa shape index (κ1) is 36.5. The van der Waals surface area contributed by atoms with Gasteiger partial charge in [-0.25, -0.2) is 18.7 Å². The van der Waals surface area contributed by atoms with E-state index >= 15 is 0 Å². The number of fused-ring (bicyclic) bond motifs is 3. The van der Waals surface area contributed by atoms with Crippen LogP contribution < -0.4 is 11.4 Å². The number of carbonyl (C=O) groups excluding carboxylic acids is 1. The van der Waals surface area contributed by atoms with Crippen molar-refractivity contribution in [2.45, 2.75) is 58.5 Å². The van der Waals surface area contributed by atoms with Crippen LogP contribution in [0.15, 0.2) is 87.3 Å². The van der Waals surface area contributed by atoms with E-state index in [0.29, 0.717) is 71.7 Å². The molecule has 1 fully saturated rings. The quantitative estimate of drug-likeness (QED) is 0.213. The van der Waals surface area contributed by atoms with Crippen LogP contribution in [0.2, 0.25) is 0 Å². The molecule has 59 heavy (non-hydrogen) atoms. The SMILES string of the molecule is Cc1cc(-n2nc3c(c2-n2ccn(-c4ccc5c(cnn5C)c4)c2=O)CN(C(=O)c2cc4cc(C5CCOCC5)ccc4n2C(C)c2noc(=O)[nH]2)CC3)cc(C)c1F. The zero-order chi connectivity index (χ0) is 40.7. The van der Waals surface area contributed by atoms with E-state index in [4.69, 9.17) is 14.4 Å². The first-order valence-corrected chi connectivity index (χ1v) is 19.7. The summed E-state index contributed by atoms with van der Waals surface area (Å²) in [5.41, 5.74) is 6.58. The molecule has 0 spiro atoms. The van der Waals surface area contributed by atoms with E-state index < -0.39 is 11.8 Å². The van der Waals surface area contributed by atoms with Gasteiger partial charge >= 0.3 is 11.4 Å². The fourth-order valence-corrected chi connectivity index (χ4v) is 8.87. The third-order valence-corrected chi connectivity index (χ3v) is 12.0. The Morgan fingerprint density at radius 2 is 1.69 bits per heavy atom. The summed E-state index contributed by atoms with van der Waals surface area (Å²) >= 11 is 0. The highest BCUT2D eigenvalue weighted by atomic mass is 19.1. The average Bonchev–Trinajstić information content (AvgIpc) is 4.09. The van der Waals surface area contributed by atoms with Gasteiger partial charge in [-0.05, 0) is 105 Å². The number of aromatic nitrogens is 9. The predicted octanol–water partition coefficient (Wildman–Crippen LogP) is 5.79. The first-order valence-electron chi connectivity index (χ1n) is 19.7. The van der Waals surface area contributed by atoms with E-state index in [2.05, 4.69) is 27.4 Å². The number of H-pyrrole nitrogens is 1. The number of hydrogen-bond acceptors (Lipinski definition) is 8. The lowest BCUT2D eigenvalue weighted by molar-refractivity contribution is 0.0722. The second kappa shape index (κ2) is 13.9. The van der Waals surface area contributed by atoms with Gasteiger partial charge < -0.3 is 14.2 Å². The van der Waals surface area contributed by atoms with Crippen molar-refractivity contribution in [3.63, 3.8) is 0 Å². The Labute approximate surface area is 335 Å². The Bertz CT molecular complexity index is 3060. The number of amides is 1. The molecule has 0 radical (unpaired) electrons. The second-order valence-electron chi connectivity index (χ2n) is 15.6. The Kier molecular flexibility index (Phi) is 8.63. The van der Waals surface area contributed by atoms with Crippen LogP contribution in [0.1, 0.15) is 76.0 Å². The number of aromatic amines is 1. The number of ether oxygens (including phenoxy) is 1. The van der Waals surface area contributed by atoms with Crippen LogP contribution >= 0.6 is 0 Å². The van der Waals surface area contributed by atoms with Crippen LogP contribution in [-0.2, 0) is 24.8 Å². The fourth-order valence-electron chi connectivity index (χ4n) is 8.87. The highest BCUT2D eigenvalue weighted by molar-refractivity contribution is 5.99. The van der Waals surface area contributed by atoms with Gasteiger partial charge in [0.05, 0.1) is 41.4 Å². The summed E-state index contributed by atoms with van der Waals surface area (Å²) < 4.78 is 33.9. The molecule has 3 aromatic carbocycles. The first-order chi connectivity index (χ1) is 28.5. The fraction of sp³-hybridized carbons (Fsp3) is 0.302. The van der Waals surface area contributed by atoms with Gasteiger partial charge in [-0.15, -0.1) is 0 Å². The van der Waals surface area contributed by atoms with Crippen molar-refractivity contribution in [3.8, 4) is 17.2 Å². The summed E-state index contributed by atoms with van der Waals surface area (Å²) in [5, 5.41) is 15.1. The average molecular weight is 797 g/mol. The molecule has 5 aromatic heterocycles. The van der Waals surface area contributed by atoms with Gasteiger partial charge in [0.25, 0.3) is 5.91 Å². The van der Waals surface area contributed by atoms with Crippen molar-refractivity contribution in [2.24, 2.45) is 7.05 Å². The second-order valence-corrected chi connectivity index (χ2v) is 15.6. The molecule has 300 valence electrons. The van der Waals surface area contributed by atoms with Gasteiger partial charge in [0.15, 0.2) is 5.82 Å². The number of nitrogens with zero attached hydrogens (tertiary/aromatic N) is 9. The van der Waals surface area contributed by atoms with Crippen molar-refractivity contribution < 1.29 is 18.4 Å².